The third-order valence-corrected chi connectivity index (χ3v) is 4.20. The maximum absolute atomic E-state index is 3.36. The third kappa shape index (κ3) is 3.48. The molecule has 1 saturated heterocycles. The van der Waals surface area contributed by atoms with Gasteiger partial charge >= 0.3 is 0 Å². The van der Waals surface area contributed by atoms with Gasteiger partial charge in [-0.3, -0.25) is 4.90 Å². The number of hydrogen-bond acceptors (Lipinski definition) is 3. The zero-order valence-corrected chi connectivity index (χ0v) is 12.7. The first kappa shape index (κ1) is 14.4. The predicted octanol–water partition coefficient (Wildman–Crippen LogP) is 2.33. The fraction of sp³-hybridized carbons (Fsp3) is 0.625. The average molecular weight is 261 g/mol. The van der Waals surface area contributed by atoms with Gasteiger partial charge in [0.25, 0.3) is 0 Å². The van der Waals surface area contributed by atoms with Crippen molar-refractivity contribution in [2.75, 3.05) is 38.1 Å². The van der Waals surface area contributed by atoms with Gasteiger partial charge in [0.2, 0.25) is 0 Å². The Labute approximate surface area is 117 Å². The number of rotatable bonds is 4. The van der Waals surface area contributed by atoms with Gasteiger partial charge in [0, 0.05) is 37.4 Å². The lowest BCUT2D eigenvalue weighted by atomic mass is 9.99. The van der Waals surface area contributed by atoms with E-state index in [2.05, 4.69) is 67.2 Å². The molecule has 1 aromatic carbocycles. The van der Waals surface area contributed by atoms with E-state index in [1.807, 2.05) is 0 Å². The average Bonchev–Trinajstić information content (AvgIpc) is 2.40. The number of hydrogen-bond donors (Lipinski definition) is 1. The molecule has 1 aliphatic heterocycles. The molecule has 0 bridgehead atoms. The molecule has 2 rings (SSSR count). The first-order valence-electron chi connectivity index (χ1n) is 7.29. The Balaban J connectivity index is 2.02. The van der Waals surface area contributed by atoms with Crippen molar-refractivity contribution in [1.29, 1.82) is 0 Å². The Bertz CT molecular complexity index is 397. The molecule has 0 aromatic heterocycles. The van der Waals surface area contributed by atoms with Gasteiger partial charge in [-0.15, -0.1) is 0 Å². The van der Waals surface area contributed by atoms with Crippen molar-refractivity contribution in [3.63, 3.8) is 0 Å². The smallest absolute Gasteiger partial charge is 0.0367 e. The monoisotopic (exact) mass is 261 g/mol. The SMILES string of the molecule is CCNCc1ccc(N2CCN(C)C(C)(C)C2)cc1. The zero-order chi connectivity index (χ0) is 13.9. The van der Waals surface area contributed by atoms with Crippen molar-refractivity contribution in [2.45, 2.75) is 32.9 Å². The topological polar surface area (TPSA) is 18.5 Å². The van der Waals surface area contributed by atoms with E-state index in [0.29, 0.717) is 0 Å². The molecule has 1 aliphatic rings. The van der Waals surface area contributed by atoms with Crippen LogP contribution in [0.4, 0.5) is 5.69 Å². The lowest BCUT2D eigenvalue weighted by Crippen LogP contribution is -2.57. The fourth-order valence-electron chi connectivity index (χ4n) is 2.55. The molecule has 0 radical (unpaired) electrons. The first-order chi connectivity index (χ1) is 9.03. The number of nitrogens with zero attached hydrogens (tertiary/aromatic N) is 2. The van der Waals surface area contributed by atoms with Gasteiger partial charge < -0.3 is 10.2 Å². The van der Waals surface area contributed by atoms with Gasteiger partial charge in [0.1, 0.15) is 0 Å². The minimum absolute atomic E-state index is 0.251. The van der Waals surface area contributed by atoms with E-state index in [0.717, 1.165) is 32.7 Å². The van der Waals surface area contributed by atoms with E-state index in [1.165, 1.54) is 11.3 Å². The second-order valence-corrected chi connectivity index (χ2v) is 6.10. The van der Waals surface area contributed by atoms with Gasteiger partial charge in [-0.2, -0.15) is 0 Å². The highest BCUT2D eigenvalue weighted by atomic mass is 15.3. The summed E-state index contributed by atoms with van der Waals surface area (Å²) in [6.07, 6.45) is 0. The highest BCUT2D eigenvalue weighted by Gasteiger charge is 2.30. The highest BCUT2D eigenvalue weighted by Crippen LogP contribution is 2.24. The second kappa shape index (κ2) is 5.93. The lowest BCUT2D eigenvalue weighted by Gasteiger charge is -2.46. The summed E-state index contributed by atoms with van der Waals surface area (Å²) in [6, 6.07) is 8.99. The molecule has 0 saturated carbocycles. The van der Waals surface area contributed by atoms with Crippen molar-refractivity contribution in [2.24, 2.45) is 0 Å². The molecule has 3 nitrogen and oxygen atoms in total. The molecule has 1 fully saturated rings. The van der Waals surface area contributed by atoms with E-state index in [4.69, 9.17) is 0 Å². The molecular formula is C16H27N3. The van der Waals surface area contributed by atoms with Crippen LogP contribution in [0.1, 0.15) is 26.3 Å². The van der Waals surface area contributed by atoms with Crippen molar-refractivity contribution in [3.05, 3.63) is 29.8 Å². The second-order valence-electron chi connectivity index (χ2n) is 6.10. The Morgan fingerprint density at radius 1 is 1.16 bits per heavy atom. The Hall–Kier alpha value is -1.06. The van der Waals surface area contributed by atoms with E-state index < -0.39 is 0 Å². The lowest BCUT2D eigenvalue weighted by molar-refractivity contribution is 0.139. The van der Waals surface area contributed by atoms with Crippen LogP contribution in [-0.2, 0) is 6.54 Å². The standard InChI is InChI=1S/C16H27N3/c1-5-17-12-14-6-8-15(9-7-14)19-11-10-18(4)16(2,3)13-19/h6-9,17H,5,10-13H2,1-4H3. The van der Waals surface area contributed by atoms with Crippen LogP contribution < -0.4 is 10.2 Å². The van der Waals surface area contributed by atoms with Crippen molar-refractivity contribution in [3.8, 4) is 0 Å². The Morgan fingerprint density at radius 3 is 2.42 bits per heavy atom. The summed E-state index contributed by atoms with van der Waals surface area (Å²) in [7, 11) is 2.22. The summed E-state index contributed by atoms with van der Waals surface area (Å²) in [5.41, 5.74) is 2.96. The van der Waals surface area contributed by atoms with E-state index in [1.54, 1.807) is 0 Å². The van der Waals surface area contributed by atoms with Crippen molar-refractivity contribution in [1.82, 2.24) is 10.2 Å². The van der Waals surface area contributed by atoms with Crippen LogP contribution >= 0.6 is 0 Å². The minimum atomic E-state index is 0.251. The van der Waals surface area contributed by atoms with Gasteiger partial charge in [0.05, 0.1) is 0 Å². The summed E-state index contributed by atoms with van der Waals surface area (Å²) in [5.74, 6) is 0. The van der Waals surface area contributed by atoms with Gasteiger partial charge in [-0.05, 0) is 45.1 Å². The largest absolute Gasteiger partial charge is 0.368 e. The molecule has 0 atom stereocenters. The van der Waals surface area contributed by atoms with Crippen LogP contribution in [0.5, 0.6) is 0 Å². The molecule has 0 spiro atoms. The summed E-state index contributed by atoms with van der Waals surface area (Å²) in [6.45, 7) is 12.1. The fourth-order valence-corrected chi connectivity index (χ4v) is 2.55. The summed E-state index contributed by atoms with van der Waals surface area (Å²) in [4.78, 5) is 4.94. The predicted molar refractivity (Wildman–Crippen MR) is 82.7 cm³/mol. The molecular weight excluding hydrogens is 234 g/mol. The molecule has 1 N–H and O–H groups in total. The van der Waals surface area contributed by atoms with E-state index in [9.17, 15) is 0 Å². The number of anilines is 1. The van der Waals surface area contributed by atoms with Crippen molar-refractivity contribution < 1.29 is 0 Å². The summed E-state index contributed by atoms with van der Waals surface area (Å²) >= 11 is 0. The molecule has 0 amide bonds. The summed E-state index contributed by atoms with van der Waals surface area (Å²) in [5, 5.41) is 3.36. The quantitative estimate of drug-likeness (QED) is 0.897. The van der Waals surface area contributed by atoms with Crippen LogP contribution in [-0.4, -0.2) is 43.7 Å². The van der Waals surface area contributed by atoms with Crippen LogP contribution in [0.25, 0.3) is 0 Å². The number of nitrogens with one attached hydrogen (secondary N) is 1. The molecule has 0 aliphatic carbocycles. The normalized spacial score (nSPS) is 19.7. The maximum Gasteiger partial charge on any atom is 0.0367 e. The van der Waals surface area contributed by atoms with Crippen LogP contribution in [0, 0.1) is 0 Å². The minimum Gasteiger partial charge on any atom is -0.368 e. The molecule has 0 unspecified atom stereocenters. The molecule has 106 valence electrons. The molecule has 19 heavy (non-hydrogen) atoms. The van der Waals surface area contributed by atoms with Crippen LogP contribution in [0.2, 0.25) is 0 Å². The number of piperazine rings is 1. The van der Waals surface area contributed by atoms with Crippen LogP contribution in [0.3, 0.4) is 0 Å². The number of likely N-dealkylation sites (N-methyl/N-ethyl adjacent to an activating group) is 1. The van der Waals surface area contributed by atoms with E-state index >= 15 is 0 Å². The van der Waals surface area contributed by atoms with Crippen molar-refractivity contribution >= 4 is 5.69 Å². The summed E-state index contributed by atoms with van der Waals surface area (Å²) < 4.78 is 0. The van der Waals surface area contributed by atoms with Crippen LogP contribution in [0.15, 0.2) is 24.3 Å². The Kier molecular flexibility index (Phi) is 4.48. The Morgan fingerprint density at radius 2 is 1.84 bits per heavy atom. The number of benzene rings is 1. The highest BCUT2D eigenvalue weighted by molar-refractivity contribution is 5.48. The van der Waals surface area contributed by atoms with Gasteiger partial charge in [0.15, 0.2) is 0 Å². The zero-order valence-electron chi connectivity index (χ0n) is 12.7. The third-order valence-electron chi connectivity index (χ3n) is 4.20. The molecule has 1 heterocycles. The first-order valence-corrected chi connectivity index (χ1v) is 7.29. The maximum atomic E-state index is 3.36. The molecule has 1 aromatic rings. The van der Waals surface area contributed by atoms with E-state index in [-0.39, 0.29) is 5.54 Å². The van der Waals surface area contributed by atoms with Gasteiger partial charge in [-0.1, -0.05) is 19.1 Å². The molecule has 3 heteroatoms. The van der Waals surface area contributed by atoms with Gasteiger partial charge in [-0.25, -0.2) is 0 Å².